The summed E-state index contributed by atoms with van der Waals surface area (Å²) in [7, 11) is 0. The number of allylic oxidation sites excluding steroid dienone is 2. The van der Waals surface area contributed by atoms with E-state index in [2.05, 4.69) is 46.8 Å². The Bertz CT molecular complexity index is 585. The smallest absolute Gasteiger partial charge is 0.344 e. The minimum absolute atomic E-state index is 0.0762. The van der Waals surface area contributed by atoms with Crippen LogP contribution >= 0.6 is 0 Å². The maximum atomic E-state index is 11.5. The second-order valence-electron chi connectivity index (χ2n) is 7.01. The molecule has 0 aliphatic rings. The maximum absolute atomic E-state index is 11.5. The first-order chi connectivity index (χ1) is 11.3. The highest BCUT2D eigenvalue weighted by molar-refractivity contribution is 5.73. The summed E-state index contributed by atoms with van der Waals surface area (Å²) in [6.07, 6.45) is 4.59. The lowest BCUT2D eigenvalue weighted by atomic mass is 9.80. The van der Waals surface area contributed by atoms with Crippen LogP contribution in [-0.4, -0.2) is 17.2 Å². The number of rotatable bonds is 9. The van der Waals surface area contributed by atoms with Gasteiger partial charge in [-0.2, -0.15) is 0 Å². The third-order valence-corrected chi connectivity index (χ3v) is 4.85. The molecular weight excluding hydrogens is 300 g/mol. The van der Waals surface area contributed by atoms with Crippen LogP contribution in [0.2, 0.25) is 0 Å². The summed E-state index contributed by atoms with van der Waals surface area (Å²) in [6, 6.07) is 6.09. The summed E-state index contributed by atoms with van der Waals surface area (Å²) in [5.41, 5.74) is 3.36. The Morgan fingerprint density at radius 2 is 2.00 bits per heavy atom. The molecule has 0 saturated carbocycles. The molecule has 1 atom stereocenters. The van der Waals surface area contributed by atoms with Crippen molar-refractivity contribution in [3.05, 3.63) is 35.4 Å². The fraction of sp³-hybridized carbons (Fsp3) is 0.571. The predicted octanol–water partition coefficient (Wildman–Crippen LogP) is 5.82. The van der Waals surface area contributed by atoms with Gasteiger partial charge in [0.15, 0.2) is 6.10 Å². The van der Waals surface area contributed by atoms with Crippen LogP contribution < -0.4 is 4.74 Å². The topological polar surface area (TPSA) is 46.5 Å². The van der Waals surface area contributed by atoms with E-state index in [0.717, 1.165) is 30.4 Å². The van der Waals surface area contributed by atoms with Gasteiger partial charge < -0.3 is 9.84 Å². The fourth-order valence-corrected chi connectivity index (χ4v) is 2.54. The zero-order chi connectivity index (χ0) is 18.3. The molecule has 3 heteroatoms. The van der Waals surface area contributed by atoms with Crippen LogP contribution in [-0.2, 0) is 10.2 Å². The highest BCUT2D eigenvalue weighted by atomic mass is 16.5. The molecule has 1 aromatic rings. The van der Waals surface area contributed by atoms with E-state index in [-0.39, 0.29) is 5.41 Å². The van der Waals surface area contributed by atoms with Gasteiger partial charge in [0.1, 0.15) is 5.75 Å². The molecule has 0 saturated heterocycles. The Morgan fingerprint density at radius 3 is 2.50 bits per heavy atom. The van der Waals surface area contributed by atoms with Crippen LogP contribution in [0.4, 0.5) is 0 Å². The molecule has 0 bridgehead atoms. The molecule has 0 aliphatic carbocycles. The van der Waals surface area contributed by atoms with Crippen molar-refractivity contribution < 1.29 is 14.6 Å². The standard InChI is InChI=1S/C21H32O3/c1-7-10-11-19(20(22)23)24-18-13-12-16(15(4)8-2)14-17(18)21(5,6)9-3/h8,12-14,19H,7,9-11H2,1-6H3,(H,22,23)/b15-8+. The number of hydrogen-bond donors (Lipinski definition) is 1. The Hall–Kier alpha value is -1.77. The number of carboxylic acid groups (broad SMARTS) is 1. The first kappa shape index (κ1) is 20.3. The van der Waals surface area contributed by atoms with Crippen LogP contribution in [0.3, 0.4) is 0 Å². The molecule has 0 aromatic heterocycles. The molecule has 0 spiro atoms. The fourth-order valence-electron chi connectivity index (χ4n) is 2.54. The zero-order valence-corrected chi connectivity index (χ0v) is 16.0. The van der Waals surface area contributed by atoms with Crippen molar-refractivity contribution in [3.8, 4) is 5.75 Å². The monoisotopic (exact) mass is 332 g/mol. The summed E-state index contributed by atoms with van der Waals surface area (Å²) in [5, 5.41) is 9.46. The molecule has 1 N–H and O–H groups in total. The zero-order valence-electron chi connectivity index (χ0n) is 16.0. The summed E-state index contributed by atoms with van der Waals surface area (Å²) >= 11 is 0. The molecule has 24 heavy (non-hydrogen) atoms. The molecule has 1 rings (SSSR count). The van der Waals surface area contributed by atoms with Gasteiger partial charge in [-0.3, -0.25) is 0 Å². The Morgan fingerprint density at radius 1 is 1.33 bits per heavy atom. The van der Waals surface area contributed by atoms with Gasteiger partial charge >= 0.3 is 5.97 Å². The van der Waals surface area contributed by atoms with Crippen molar-refractivity contribution >= 4 is 11.5 Å². The number of hydrogen-bond acceptors (Lipinski definition) is 2. The second-order valence-corrected chi connectivity index (χ2v) is 7.01. The minimum Gasteiger partial charge on any atom is -0.479 e. The first-order valence-electron chi connectivity index (χ1n) is 8.94. The SMILES string of the molecule is C/C=C(\C)c1ccc(OC(CCCC)C(=O)O)c(C(C)(C)CC)c1. The summed E-state index contributed by atoms with van der Waals surface area (Å²) in [5.74, 6) is -0.199. The number of unbranched alkanes of at least 4 members (excludes halogenated alkanes) is 1. The molecule has 3 nitrogen and oxygen atoms in total. The highest BCUT2D eigenvalue weighted by Crippen LogP contribution is 2.37. The van der Waals surface area contributed by atoms with Gasteiger partial charge in [0, 0.05) is 5.56 Å². The van der Waals surface area contributed by atoms with Gasteiger partial charge in [-0.25, -0.2) is 4.79 Å². The van der Waals surface area contributed by atoms with Gasteiger partial charge in [-0.15, -0.1) is 0 Å². The van der Waals surface area contributed by atoms with Crippen molar-refractivity contribution in [1.29, 1.82) is 0 Å². The van der Waals surface area contributed by atoms with Crippen LogP contribution in [0.25, 0.3) is 5.57 Å². The number of carbonyl (C=O) groups is 1. The number of ether oxygens (including phenoxy) is 1. The van der Waals surface area contributed by atoms with E-state index in [1.807, 2.05) is 19.1 Å². The highest BCUT2D eigenvalue weighted by Gasteiger charge is 2.26. The molecule has 134 valence electrons. The molecule has 0 fully saturated rings. The number of aliphatic carboxylic acids is 1. The third kappa shape index (κ3) is 5.12. The first-order valence-corrected chi connectivity index (χ1v) is 8.94. The number of benzene rings is 1. The molecule has 0 radical (unpaired) electrons. The summed E-state index contributed by atoms with van der Waals surface area (Å²) < 4.78 is 5.95. The summed E-state index contributed by atoms with van der Waals surface area (Å²) in [6.45, 7) is 12.6. The van der Waals surface area contributed by atoms with E-state index >= 15 is 0 Å². The lowest BCUT2D eigenvalue weighted by molar-refractivity contribution is -0.145. The molecular formula is C21H32O3. The molecule has 1 aromatic carbocycles. The molecule has 0 aliphatic heterocycles. The average Bonchev–Trinajstić information content (AvgIpc) is 2.57. The number of carboxylic acids is 1. The van der Waals surface area contributed by atoms with Gasteiger partial charge in [0.25, 0.3) is 0 Å². The Kier molecular flexibility index (Phi) is 7.53. The average molecular weight is 332 g/mol. The third-order valence-electron chi connectivity index (χ3n) is 4.85. The van der Waals surface area contributed by atoms with Crippen molar-refractivity contribution in [2.45, 2.75) is 78.7 Å². The normalized spacial score (nSPS) is 13.7. The van der Waals surface area contributed by atoms with Gasteiger partial charge in [-0.05, 0) is 61.8 Å². The van der Waals surface area contributed by atoms with Crippen molar-refractivity contribution in [1.82, 2.24) is 0 Å². The maximum Gasteiger partial charge on any atom is 0.344 e. The van der Waals surface area contributed by atoms with Crippen molar-refractivity contribution in [2.75, 3.05) is 0 Å². The van der Waals surface area contributed by atoms with Crippen LogP contribution in [0.1, 0.15) is 78.4 Å². The Labute approximate surface area is 146 Å². The van der Waals surface area contributed by atoms with E-state index in [9.17, 15) is 9.90 Å². The van der Waals surface area contributed by atoms with E-state index in [0.29, 0.717) is 12.2 Å². The lowest BCUT2D eigenvalue weighted by Gasteiger charge is -2.28. The van der Waals surface area contributed by atoms with Gasteiger partial charge in [0.05, 0.1) is 0 Å². The van der Waals surface area contributed by atoms with Crippen LogP contribution in [0.5, 0.6) is 5.75 Å². The van der Waals surface area contributed by atoms with Gasteiger partial charge in [-0.1, -0.05) is 46.3 Å². The Balaban J connectivity index is 3.28. The summed E-state index contributed by atoms with van der Waals surface area (Å²) in [4.78, 5) is 11.5. The molecule has 0 amide bonds. The van der Waals surface area contributed by atoms with E-state index < -0.39 is 12.1 Å². The predicted molar refractivity (Wildman–Crippen MR) is 101 cm³/mol. The van der Waals surface area contributed by atoms with E-state index in [4.69, 9.17) is 4.74 Å². The minimum atomic E-state index is -0.891. The van der Waals surface area contributed by atoms with E-state index in [1.54, 1.807) is 0 Å². The van der Waals surface area contributed by atoms with Crippen LogP contribution in [0, 0.1) is 0 Å². The van der Waals surface area contributed by atoms with Crippen LogP contribution in [0.15, 0.2) is 24.3 Å². The van der Waals surface area contributed by atoms with Crippen molar-refractivity contribution in [3.63, 3.8) is 0 Å². The largest absolute Gasteiger partial charge is 0.479 e. The van der Waals surface area contributed by atoms with Crippen molar-refractivity contribution in [2.24, 2.45) is 0 Å². The second kappa shape index (κ2) is 8.91. The lowest BCUT2D eigenvalue weighted by Crippen LogP contribution is -2.28. The van der Waals surface area contributed by atoms with Gasteiger partial charge in [0.2, 0.25) is 0 Å². The molecule has 0 heterocycles. The van der Waals surface area contributed by atoms with E-state index in [1.165, 1.54) is 5.57 Å². The quantitative estimate of drug-likeness (QED) is 0.620. The molecule has 1 unspecified atom stereocenters.